The van der Waals surface area contributed by atoms with Crippen LogP contribution in [0.15, 0.2) is 24.3 Å². The second-order valence-corrected chi connectivity index (χ2v) is 4.48. The lowest BCUT2D eigenvalue weighted by molar-refractivity contribution is 0.187. The minimum Gasteiger partial charge on any atom is -0.494 e. The molecule has 0 heterocycles. The molecule has 0 saturated heterocycles. The third-order valence-electron chi connectivity index (χ3n) is 2.38. The van der Waals surface area contributed by atoms with Crippen molar-refractivity contribution in [3.8, 4) is 5.75 Å². The summed E-state index contributed by atoms with van der Waals surface area (Å²) in [6, 6.07) is 7.99. The summed E-state index contributed by atoms with van der Waals surface area (Å²) < 4.78 is 5.43. The fourth-order valence-electron chi connectivity index (χ4n) is 1.31. The molecule has 0 aromatic heterocycles. The highest BCUT2D eigenvalue weighted by molar-refractivity contribution is 5.28. The molecule has 0 saturated carbocycles. The number of hydrogen-bond donors (Lipinski definition) is 2. The molecule has 0 bridgehead atoms. The Morgan fingerprint density at radius 2 is 2.12 bits per heavy atom. The van der Waals surface area contributed by atoms with Gasteiger partial charge in [0.1, 0.15) is 5.75 Å². The Bertz CT molecular complexity index is 323. The van der Waals surface area contributed by atoms with E-state index in [9.17, 15) is 0 Å². The van der Waals surface area contributed by atoms with Crippen LogP contribution in [0.2, 0.25) is 0 Å². The predicted octanol–water partition coefficient (Wildman–Crippen LogP) is 1.95. The Hall–Kier alpha value is -1.06. The summed E-state index contributed by atoms with van der Waals surface area (Å²) >= 11 is 0. The third kappa shape index (κ3) is 4.21. The van der Waals surface area contributed by atoms with Crippen LogP contribution in [0.4, 0.5) is 0 Å². The van der Waals surface area contributed by atoms with Gasteiger partial charge >= 0.3 is 0 Å². The van der Waals surface area contributed by atoms with E-state index in [0.717, 1.165) is 17.9 Å². The van der Waals surface area contributed by atoms with Gasteiger partial charge in [0.05, 0.1) is 13.2 Å². The fraction of sp³-hybridized carbons (Fsp3) is 0.538. The van der Waals surface area contributed by atoms with Crippen LogP contribution < -0.4 is 10.1 Å². The first-order valence-corrected chi connectivity index (χ1v) is 5.65. The number of aliphatic hydroxyl groups is 1. The molecule has 1 aromatic carbocycles. The van der Waals surface area contributed by atoms with Gasteiger partial charge in [-0.2, -0.15) is 0 Å². The average molecular weight is 223 g/mol. The summed E-state index contributed by atoms with van der Waals surface area (Å²) in [7, 11) is 0. The molecule has 3 heteroatoms. The fourth-order valence-corrected chi connectivity index (χ4v) is 1.31. The second-order valence-electron chi connectivity index (χ2n) is 4.48. The van der Waals surface area contributed by atoms with Gasteiger partial charge in [-0.15, -0.1) is 0 Å². The number of ether oxygens (including phenoxy) is 1. The predicted molar refractivity (Wildman–Crippen MR) is 65.6 cm³/mol. The summed E-state index contributed by atoms with van der Waals surface area (Å²) in [6.45, 7) is 7.45. The van der Waals surface area contributed by atoms with Crippen molar-refractivity contribution >= 4 is 0 Å². The highest BCUT2D eigenvalue weighted by atomic mass is 16.5. The van der Waals surface area contributed by atoms with Gasteiger partial charge in [0.25, 0.3) is 0 Å². The molecule has 0 spiro atoms. The Morgan fingerprint density at radius 1 is 1.38 bits per heavy atom. The van der Waals surface area contributed by atoms with Gasteiger partial charge in [-0.3, -0.25) is 0 Å². The molecular weight excluding hydrogens is 202 g/mol. The van der Waals surface area contributed by atoms with Crippen molar-refractivity contribution < 1.29 is 9.84 Å². The van der Waals surface area contributed by atoms with Crippen molar-refractivity contribution in [1.29, 1.82) is 0 Å². The van der Waals surface area contributed by atoms with E-state index in [-0.39, 0.29) is 12.1 Å². The molecule has 3 nitrogen and oxygen atoms in total. The lowest BCUT2D eigenvalue weighted by Crippen LogP contribution is -2.42. The summed E-state index contributed by atoms with van der Waals surface area (Å²) in [6.07, 6.45) is 0. The zero-order chi connectivity index (χ0) is 12.0. The van der Waals surface area contributed by atoms with E-state index in [4.69, 9.17) is 9.84 Å². The second kappa shape index (κ2) is 5.87. The number of benzene rings is 1. The van der Waals surface area contributed by atoms with Crippen LogP contribution in [0.3, 0.4) is 0 Å². The monoisotopic (exact) mass is 223 g/mol. The molecule has 2 N–H and O–H groups in total. The third-order valence-corrected chi connectivity index (χ3v) is 2.38. The molecule has 16 heavy (non-hydrogen) atoms. The van der Waals surface area contributed by atoms with Crippen molar-refractivity contribution in [3.63, 3.8) is 0 Å². The van der Waals surface area contributed by atoms with Crippen molar-refractivity contribution in [1.82, 2.24) is 5.32 Å². The minimum absolute atomic E-state index is 0.123. The first kappa shape index (κ1) is 13.0. The Kier molecular flexibility index (Phi) is 4.77. The molecule has 0 fully saturated rings. The number of aliphatic hydroxyl groups excluding tert-OH is 1. The zero-order valence-corrected chi connectivity index (χ0v) is 10.3. The molecule has 0 atom stereocenters. The Balaban J connectivity index is 2.57. The van der Waals surface area contributed by atoms with E-state index in [1.807, 2.05) is 45.0 Å². The van der Waals surface area contributed by atoms with Gasteiger partial charge < -0.3 is 15.2 Å². The van der Waals surface area contributed by atoms with E-state index < -0.39 is 0 Å². The van der Waals surface area contributed by atoms with Crippen molar-refractivity contribution in [2.75, 3.05) is 13.2 Å². The molecule has 1 aromatic rings. The topological polar surface area (TPSA) is 41.5 Å². The SMILES string of the molecule is CCOc1cccc(CNC(C)(C)CO)c1. The summed E-state index contributed by atoms with van der Waals surface area (Å²) in [5.74, 6) is 0.892. The van der Waals surface area contributed by atoms with Crippen molar-refractivity contribution in [2.45, 2.75) is 32.9 Å². The van der Waals surface area contributed by atoms with Gasteiger partial charge in [-0.05, 0) is 38.5 Å². The van der Waals surface area contributed by atoms with Crippen LogP contribution in [0.5, 0.6) is 5.75 Å². The van der Waals surface area contributed by atoms with E-state index in [0.29, 0.717) is 6.61 Å². The van der Waals surface area contributed by atoms with E-state index in [1.165, 1.54) is 0 Å². The van der Waals surface area contributed by atoms with Gasteiger partial charge in [-0.1, -0.05) is 12.1 Å². The molecule has 0 aliphatic rings. The standard InChI is InChI=1S/C13H21NO2/c1-4-16-12-7-5-6-11(8-12)9-14-13(2,3)10-15/h5-8,14-15H,4,9-10H2,1-3H3. The van der Waals surface area contributed by atoms with Crippen LogP contribution in [0.1, 0.15) is 26.3 Å². The molecule has 0 unspecified atom stereocenters. The maximum absolute atomic E-state index is 9.12. The Morgan fingerprint density at radius 3 is 2.75 bits per heavy atom. The number of rotatable bonds is 6. The Labute approximate surface area is 97.4 Å². The quantitative estimate of drug-likeness (QED) is 0.774. The maximum Gasteiger partial charge on any atom is 0.119 e. The molecule has 90 valence electrons. The van der Waals surface area contributed by atoms with Crippen molar-refractivity contribution in [3.05, 3.63) is 29.8 Å². The van der Waals surface area contributed by atoms with Gasteiger partial charge in [0.15, 0.2) is 0 Å². The molecule has 0 aliphatic carbocycles. The lowest BCUT2D eigenvalue weighted by atomic mass is 10.1. The highest BCUT2D eigenvalue weighted by Crippen LogP contribution is 2.14. The molecule has 0 radical (unpaired) electrons. The van der Waals surface area contributed by atoms with Crippen LogP contribution >= 0.6 is 0 Å². The number of nitrogens with one attached hydrogen (secondary N) is 1. The molecule has 0 aliphatic heterocycles. The van der Waals surface area contributed by atoms with Crippen LogP contribution in [0, 0.1) is 0 Å². The smallest absolute Gasteiger partial charge is 0.119 e. The lowest BCUT2D eigenvalue weighted by Gasteiger charge is -2.23. The maximum atomic E-state index is 9.12. The first-order valence-electron chi connectivity index (χ1n) is 5.65. The van der Waals surface area contributed by atoms with Gasteiger partial charge in [-0.25, -0.2) is 0 Å². The summed E-state index contributed by atoms with van der Waals surface area (Å²) in [4.78, 5) is 0. The van der Waals surface area contributed by atoms with Gasteiger partial charge in [0, 0.05) is 12.1 Å². The van der Waals surface area contributed by atoms with Gasteiger partial charge in [0.2, 0.25) is 0 Å². The minimum atomic E-state index is -0.248. The average Bonchev–Trinajstić information content (AvgIpc) is 2.28. The summed E-state index contributed by atoms with van der Waals surface area (Å²) in [5, 5.41) is 12.4. The van der Waals surface area contributed by atoms with E-state index in [2.05, 4.69) is 5.32 Å². The highest BCUT2D eigenvalue weighted by Gasteiger charge is 2.14. The van der Waals surface area contributed by atoms with Crippen LogP contribution in [0.25, 0.3) is 0 Å². The molecular formula is C13H21NO2. The zero-order valence-electron chi connectivity index (χ0n) is 10.3. The van der Waals surface area contributed by atoms with Crippen LogP contribution in [-0.2, 0) is 6.54 Å². The number of hydrogen-bond acceptors (Lipinski definition) is 3. The first-order chi connectivity index (χ1) is 7.57. The van der Waals surface area contributed by atoms with E-state index >= 15 is 0 Å². The largest absolute Gasteiger partial charge is 0.494 e. The van der Waals surface area contributed by atoms with E-state index in [1.54, 1.807) is 0 Å². The van der Waals surface area contributed by atoms with Crippen molar-refractivity contribution in [2.24, 2.45) is 0 Å². The molecule has 1 rings (SSSR count). The molecule has 0 amide bonds. The normalized spacial score (nSPS) is 11.5. The summed E-state index contributed by atoms with van der Waals surface area (Å²) in [5.41, 5.74) is 0.911. The van der Waals surface area contributed by atoms with Crippen LogP contribution in [-0.4, -0.2) is 23.9 Å².